The third-order valence-electron chi connectivity index (χ3n) is 10.2. The predicted octanol–water partition coefficient (Wildman–Crippen LogP) is 5.99. The monoisotopic (exact) mass is 546 g/mol. The molecule has 2 bridgehead atoms. The minimum Gasteiger partial charge on any atom is -0.496 e. The molecule has 4 atom stereocenters. The van der Waals surface area contributed by atoms with Crippen molar-refractivity contribution in [2.75, 3.05) is 27.3 Å². The van der Waals surface area contributed by atoms with Gasteiger partial charge in [-0.2, -0.15) is 0 Å². The smallest absolute Gasteiger partial charge is 0.314 e. The molecule has 1 saturated heterocycles. The third kappa shape index (κ3) is 3.30. The van der Waals surface area contributed by atoms with Crippen LogP contribution in [0.15, 0.2) is 79.4 Å². The molecule has 1 amide bonds. The number of carbonyl (C=O) groups is 2. The molecule has 2 heterocycles. The Labute approximate surface area is 240 Å². The fourth-order valence-corrected chi connectivity index (χ4v) is 8.47. The zero-order valence-electron chi connectivity index (χ0n) is 23.7. The zero-order valence-corrected chi connectivity index (χ0v) is 23.7. The summed E-state index contributed by atoms with van der Waals surface area (Å²) in [7, 11) is 3.06. The second-order valence-electron chi connectivity index (χ2n) is 11.8. The van der Waals surface area contributed by atoms with Crippen molar-refractivity contribution in [3.63, 3.8) is 0 Å². The molecule has 6 nitrogen and oxygen atoms in total. The Kier molecular flexibility index (Phi) is 5.69. The topological polar surface area (TPSA) is 71.6 Å². The van der Waals surface area contributed by atoms with Crippen molar-refractivity contribution in [3.05, 3.63) is 107 Å². The van der Waals surface area contributed by atoms with E-state index >= 15 is 0 Å². The van der Waals surface area contributed by atoms with E-state index in [0.717, 1.165) is 24.1 Å². The molecule has 3 aliphatic carbocycles. The van der Waals surface area contributed by atoms with Crippen LogP contribution in [0, 0.1) is 18.3 Å². The Hall–Kier alpha value is -4.32. The Balaban J connectivity index is 1.43. The number of hydrogen-bond acceptors (Lipinski definition) is 4. The maximum atomic E-state index is 14.2. The number of aromatic nitrogens is 1. The summed E-state index contributed by atoms with van der Waals surface area (Å²) in [6.45, 7) is 7.01. The summed E-state index contributed by atoms with van der Waals surface area (Å²) in [5, 5.41) is 1.19. The van der Waals surface area contributed by atoms with Crippen LogP contribution in [0.2, 0.25) is 0 Å². The van der Waals surface area contributed by atoms with Crippen molar-refractivity contribution in [2.24, 2.45) is 11.3 Å². The van der Waals surface area contributed by atoms with E-state index in [1.165, 1.54) is 29.2 Å². The van der Waals surface area contributed by atoms with Crippen LogP contribution in [-0.4, -0.2) is 49.1 Å². The number of aryl methyl sites for hydroxylation is 1. The van der Waals surface area contributed by atoms with Crippen LogP contribution < -0.4 is 4.74 Å². The predicted molar refractivity (Wildman–Crippen MR) is 159 cm³/mol. The lowest BCUT2D eigenvalue weighted by molar-refractivity contribution is -0.161. The molecule has 41 heavy (non-hydrogen) atoms. The summed E-state index contributed by atoms with van der Waals surface area (Å²) >= 11 is 0. The molecule has 1 saturated carbocycles. The largest absolute Gasteiger partial charge is 0.496 e. The van der Waals surface area contributed by atoms with Gasteiger partial charge in [-0.15, -0.1) is 0 Å². The average molecular weight is 547 g/mol. The second kappa shape index (κ2) is 9.10. The van der Waals surface area contributed by atoms with Crippen LogP contribution in [0.1, 0.15) is 46.7 Å². The van der Waals surface area contributed by atoms with Crippen LogP contribution in [0.3, 0.4) is 0 Å². The number of ether oxygens (including phenoxy) is 2. The molecule has 4 aromatic rings. The lowest BCUT2D eigenvalue weighted by atomic mass is 9.43. The number of para-hydroxylation sites is 2. The molecule has 1 N–H and O–H groups in total. The fraction of sp³-hybridized carbons (Fsp3) is 0.314. The molecule has 4 aliphatic rings. The number of hydrogen-bond donors (Lipinski definition) is 1. The minimum absolute atomic E-state index is 0.0907. The Morgan fingerprint density at radius 2 is 1.73 bits per heavy atom. The number of nitrogens with zero attached hydrogens (tertiary/aromatic N) is 1. The quantitative estimate of drug-likeness (QED) is 0.246. The lowest BCUT2D eigenvalue weighted by Crippen LogP contribution is -2.60. The molecule has 208 valence electrons. The number of nitrogens with one attached hydrogen (secondary N) is 1. The number of likely N-dealkylation sites (tertiary alicyclic amines) is 1. The third-order valence-corrected chi connectivity index (χ3v) is 10.2. The molecule has 8 rings (SSSR count). The maximum Gasteiger partial charge on any atom is 0.314 e. The second-order valence-corrected chi connectivity index (χ2v) is 11.8. The van der Waals surface area contributed by atoms with E-state index in [2.05, 4.69) is 61.0 Å². The normalized spacial score (nSPS) is 26.0. The van der Waals surface area contributed by atoms with Crippen LogP contribution in [0.25, 0.3) is 16.5 Å². The first-order valence-electron chi connectivity index (χ1n) is 14.2. The van der Waals surface area contributed by atoms with Crippen LogP contribution in [0.5, 0.6) is 5.75 Å². The molecule has 6 heteroatoms. The van der Waals surface area contributed by atoms with Gasteiger partial charge in [-0.3, -0.25) is 9.59 Å². The van der Waals surface area contributed by atoms with E-state index in [0.29, 0.717) is 23.4 Å². The number of fused-ring (bicyclic) bond motifs is 2. The Bertz CT molecular complexity index is 1720. The van der Waals surface area contributed by atoms with Gasteiger partial charge in [-0.25, -0.2) is 0 Å². The zero-order chi connectivity index (χ0) is 28.5. The first-order valence-corrected chi connectivity index (χ1v) is 14.2. The number of carbonyl (C=O) groups excluding carboxylic acids is 2. The average Bonchev–Trinajstić information content (AvgIpc) is 3.63. The summed E-state index contributed by atoms with van der Waals surface area (Å²) in [4.78, 5) is 33.8. The van der Waals surface area contributed by atoms with Crippen molar-refractivity contribution in [3.8, 4) is 5.75 Å². The number of methoxy groups -OCH3 is 2. The van der Waals surface area contributed by atoms with Crippen molar-refractivity contribution in [1.82, 2.24) is 9.88 Å². The van der Waals surface area contributed by atoms with Gasteiger partial charge in [0.05, 0.1) is 19.6 Å². The van der Waals surface area contributed by atoms with Gasteiger partial charge in [0, 0.05) is 58.1 Å². The van der Waals surface area contributed by atoms with E-state index in [-0.39, 0.29) is 30.3 Å². The summed E-state index contributed by atoms with van der Waals surface area (Å²) < 4.78 is 11.2. The highest BCUT2D eigenvalue weighted by molar-refractivity contribution is 6.19. The van der Waals surface area contributed by atoms with E-state index < -0.39 is 10.8 Å². The van der Waals surface area contributed by atoms with Crippen LogP contribution in [0.4, 0.5) is 0 Å². The Morgan fingerprint density at radius 1 is 1.00 bits per heavy atom. The number of aromatic amines is 1. The van der Waals surface area contributed by atoms with Gasteiger partial charge in [-0.05, 0) is 43.0 Å². The summed E-state index contributed by atoms with van der Waals surface area (Å²) in [6, 6.07) is 24.6. The van der Waals surface area contributed by atoms with Crippen molar-refractivity contribution < 1.29 is 19.1 Å². The molecule has 0 radical (unpaired) electrons. The molecule has 4 unspecified atom stereocenters. The van der Waals surface area contributed by atoms with Crippen molar-refractivity contribution in [1.29, 1.82) is 0 Å². The number of H-pyrrole nitrogens is 1. The van der Waals surface area contributed by atoms with Gasteiger partial charge in [0.15, 0.2) is 0 Å². The van der Waals surface area contributed by atoms with E-state index in [9.17, 15) is 9.59 Å². The first kappa shape index (κ1) is 25.6. The number of esters is 1. The van der Waals surface area contributed by atoms with Crippen molar-refractivity contribution in [2.45, 2.75) is 31.1 Å². The molecule has 1 aromatic heterocycles. The molecule has 2 fully saturated rings. The van der Waals surface area contributed by atoms with Gasteiger partial charge < -0.3 is 19.4 Å². The highest BCUT2D eigenvalue weighted by Gasteiger charge is 2.72. The SMILES string of the molecule is C=C(C(=O)N1CC2C3(c4ccc(C)cc4)CCC(c4[nH]c5ccccc5c43)C2(C(=O)OC)C1)c1ccccc1OC. The fourth-order valence-electron chi connectivity index (χ4n) is 8.47. The van der Waals surface area contributed by atoms with Gasteiger partial charge in [0.1, 0.15) is 5.75 Å². The van der Waals surface area contributed by atoms with Crippen LogP contribution in [-0.2, 0) is 19.7 Å². The van der Waals surface area contributed by atoms with Crippen LogP contribution >= 0.6 is 0 Å². The van der Waals surface area contributed by atoms with Gasteiger partial charge in [0.25, 0.3) is 5.91 Å². The highest BCUT2D eigenvalue weighted by atomic mass is 16.5. The van der Waals surface area contributed by atoms with Crippen molar-refractivity contribution >= 4 is 28.4 Å². The highest BCUT2D eigenvalue weighted by Crippen LogP contribution is 2.70. The van der Waals surface area contributed by atoms with Gasteiger partial charge in [0.2, 0.25) is 0 Å². The number of amides is 1. The van der Waals surface area contributed by atoms with Gasteiger partial charge >= 0.3 is 5.97 Å². The lowest BCUT2D eigenvalue weighted by Gasteiger charge is -2.58. The van der Waals surface area contributed by atoms with E-state index in [4.69, 9.17) is 9.47 Å². The molecular weight excluding hydrogens is 512 g/mol. The standard InChI is InChI=1S/C35H34N2O4/c1-21-13-15-23(16-14-21)34-18-17-26(31-30(34)25-10-5-7-11-27(25)36-31)35(33(39)41-4)20-37(19-29(34)35)32(38)22(2)24-9-6-8-12-28(24)40-3/h5-16,26,29,36H,2,17-20H2,1,3-4H3. The number of benzene rings is 3. The molecule has 3 aromatic carbocycles. The summed E-state index contributed by atoms with van der Waals surface area (Å²) in [5.74, 6) is -0.0785. The van der Waals surface area contributed by atoms with Gasteiger partial charge in [-0.1, -0.05) is 72.8 Å². The summed E-state index contributed by atoms with van der Waals surface area (Å²) in [6.07, 6.45) is 1.73. The Morgan fingerprint density at radius 3 is 2.49 bits per heavy atom. The maximum absolute atomic E-state index is 14.2. The van der Waals surface area contributed by atoms with E-state index in [1.807, 2.05) is 35.2 Å². The summed E-state index contributed by atoms with van der Waals surface area (Å²) in [5.41, 5.74) is 5.50. The molecular formula is C35H34N2O4. The number of rotatable bonds is 5. The first-order chi connectivity index (χ1) is 19.9. The molecule has 0 spiro atoms. The minimum atomic E-state index is -0.886. The van der Waals surface area contributed by atoms with E-state index in [1.54, 1.807) is 7.11 Å². The molecule has 1 aliphatic heterocycles.